The minimum absolute atomic E-state index is 0.106. The van der Waals surface area contributed by atoms with Crippen molar-refractivity contribution in [1.29, 1.82) is 0 Å². The third-order valence-corrected chi connectivity index (χ3v) is 9.47. The molecule has 0 saturated carbocycles. The molecule has 0 saturated heterocycles. The minimum Gasteiger partial charge on any atom is -0.480 e. The highest BCUT2D eigenvalue weighted by atomic mass is 31.2. The second kappa shape index (κ2) is 38.4. The van der Waals surface area contributed by atoms with Crippen LogP contribution in [0.5, 0.6) is 0 Å². The van der Waals surface area contributed by atoms with Gasteiger partial charge in [0, 0.05) is 12.8 Å². The highest BCUT2D eigenvalue weighted by molar-refractivity contribution is 7.47. The van der Waals surface area contributed by atoms with Gasteiger partial charge in [-0.25, -0.2) is 4.57 Å². The number of nitrogens with two attached hydrogens (primary N) is 1. The van der Waals surface area contributed by atoms with E-state index in [-0.39, 0.29) is 19.4 Å². The second-order valence-electron chi connectivity index (χ2n) is 13.9. The maximum Gasteiger partial charge on any atom is 0.472 e. The summed E-state index contributed by atoms with van der Waals surface area (Å²) >= 11 is 0. The number of esters is 2. The van der Waals surface area contributed by atoms with Gasteiger partial charge in [0.2, 0.25) is 0 Å². The number of aliphatic hydroxyl groups is 1. The fourth-order valence-electron chi connectivity index (χ4n) is 5.16. The molecule has 0 aromatic rings. The van der Waals surface area contributed by atoms with Crippen LogP contribution in [0.3, 0.4) is 0 Å². The van der Waals surface area contributed by atoms with E-state index in [4.69, 9.17) is 24.8 Å². The van der Waals surface area contributed by atoms with E-state index in [1.807, 2.05) is 24.3 Å². The average Bonchev–Trinajstić information content (AvgIpc) is 3.18. The Kier molecular flexibility index (Phi) is 36.3. The lowest BCUT2D eigenvalue weighted by Crippen LogP contribution is -2.34. The Balaban J connectivity index is 4.51. The molecule has 0 rings (SSSR count). The van der Waals surface area contributed by atoms with Gasteiger partial charge in [-0.1, -0.05) is 132 Å². The number of hydrogen-bond acceptors (Lipinski definition) is 10. The van der Waals surface area contributed by atoms with Crippen molar-refractivity contribution in [1.82, 2.24) is 0 Å². The molecule has 0 aliphatic heterocycles. The summed E-state index contributed by atoms with van der Waals surface area (Å²) < 4.78 is 32.6. The Bertz CT molecular complexity index is 1260. The first-order valence-electron chi connectivity index (χ1n) is 21.1. The highest BCUT2D eigenvalue weighted by Crippen LogP contribution is 2.43. The number of aliphatic carboxylic acids is 1. The lowest BCUT2D eigenvalue weighted by atomic mass is 10.1. The van der Waals surface area contributed by atoms with Gasteiger partial charge in [-0.15, -0.1) is 0 Å². The van der Waals surface area contributed by atoms with Crippen LogP contribution in [0.2, 0.25) is 0 Å². The van der Waals surface area contributed by atoms with E-state index in [9.17, 15) is 28.9 Å². The number of carboxylic acid groups (broad SMARTS) is 1. The molecule has 0 heterocycles. The summed E-state index contributed by atoms with van der Waals surface area (Å²) in [6.45, 7) is 2.49. The number of carbonyl (C=O) groups excluding carboxylic acids is 2. The molecule has 5 N–H and O–H groups in total. The van der Waals surface area contributed by atoms with Crippen LogP contribution in [0.4, 0.5) is 0 Å². The van der Waals surface area contributed by atoms with Crippen LogP contribution in [0.1, 0.15) is 149 Å². The Morgan fingerprint density at radius 2 is 1.19 bits per heavy atom. The van der Waals surface area contributed by atoms with Gasteiger partial charge < -0.3 is 30.3 Å². The summed E-state index contributed by atoms with van der Waals surface area (Å²) in [5.74, 6) is -2.48. The van der Waals surface area contributed by atoms with Crippen molar-refractivity contribution in [2.24, 2.45) is 5.73 Å². The van der Waals surface area contributed by atoms with E-state index in [1.165, 1.54) is 19.3 Å². The summed E-state index contributed by atoms with van der Waals surface area (Å²) in [5.41, 5.74) is 5.32. The van der Waals surface area contributed by atoms with Gasteiger partial charge in [0.25, 0.3) is 0 Å². The van der Waals surface area contributed by atoms with Crippen molar-refractivity contribution in [2.45, 2.75) is 167 Å². The van der Waals surface area contributed by atoms with Crippen molar-refractivity contribution in [3.63, 3.8) is 0 Å². The van der Waals surface area contributed by atoms with E-state index in [0.29, 0.717) is 19.3 Å². The molecular weight excluding hydrogens is 749 g/mol. The maximum atomic E-state index is 12.6. The van der Waals surface area contributed by atoms with Gasteiger partial charge in [-0.05, 0) is 77.0 Å². The number of rotatable bonds is 38. The Hall–Kier alpha value is -3.12. The Morgan fingerprint density at radius 1 is 0.649 bits per heavy atom. The van der Waals surface area contributed by atoms with Gasteiger partial charge in [0.15, 0.2) is 6.10 Å². The first kappa shape index (κ1) is 53.9. The number of phosphoric acid groups is 1. The summed E-state index contributed by atoms with van der Waals surface area (Å²) in [7, 11) is -4.74. The predicted octanol–water partition coefficient (Wildman–Crippen LogP) is 9.92. The summed E-state index contributed by atoms with van der Waals surface area (Å²) in [6, 6.07) is -1.54. The summed E-state index contributed by atoms with van der Waals surface area (Å²) in [4.78, 5) is 45.9. The van der Waals surface area contributed by atoms with E-state index in [2.05, 4.69) is 60.9 Å². The standard InChI is InChI=1S/C44H74NO11P/c1-3-5-7-8-9-10-11-12-13-14-15-16-17-20-23-26-30-34-42(47)53-36-40(37-54-57(51,52)55-38-41(45)44(49)50)56-43(48)35-31-27-24-21-18-19-22-25-29-33-39(46)32-28-6-4-2/h6,9-10,12-13,15-16,22,25,28-29,33,39-41,46H,3-5,7-8,11,14,17-21,23-24,26-27,30-32,34-38,45H2,1-2H3,(H,49,50)(H,51,52)/b10-9-,13-12-,16-15-,25-22+,28-6+,33-29+/t39?,40-,41+/m1/s1. The first-order valence-corrected chi connectivity index (χ1v) is 22.6. The third-order valence-electron chi connectivity index (χ3n) is 8.52. The second-order valence-corrected chi connectivity index (χ2v) is 15.4. The molecule has 326 valence electrons. The van der Waals surface area contributed by atoms with Crippen LogP contribution in [0, 0.1) is 0 Å². The summed E-state index contributed by atoms with van der Waals surface area (Å²) in [5, 5.41) is 18.7. The number of aliphatic hydroxyl groups excluding tert-OH is 1. The van der Waals surface area contributed by atoms with Crippen LogP contribution in [0.25, 0.3) is 0 Å². The molecule has 0 spiro atoms. The van der Waals surface area contributed by atoms with Gasteiger partial charge in [-0.2, -0.15) is 0 Å². The molecule has 0 aliphatic carbocycles. The normalized spacial score (nSPS) is 15.0. The summed E-state index contributed by atoms with van der Waals surface area (Å²) in [6.07, 6.45) is 41.5. The molecule has 0 aromatic heterocycles. The molecule has 0 radical (unpaired) electrons. The number of phosphoric ester groups is 1. The number of unbranched alkanes of at least 4 members (excludes halogenated alkanes) is 12. The predicted molar refractivity (Wildman–Crippen MR) is 227 cm³/mol. The monoisotopic (exact) mass is 823 g/mol. The van der Waals surface area contributed by atoms with Crippen molar-refractivity contribution in [2.75, 3.05) is 19.8 Å². The van der Waals surface area contributed by atoms with Gasteiger partial charge in [0.1, 0.15) is 12.6 Å². The number of ether oxygens (including phenoxy) is 2. The van der Waals surface area contributed by atoms with E-state index < -0.39 is 57.2 Å². The molecule has 0 amide bonds. The molecule has 0 fully saturated rings. The zero-order valence-corrected chi connectivity index (χ0v) is 35.7. The number of allylic oxidation sites excluding steroid dienone is 10. The molecular formula is C44H74NO11P. The van der Waals surface area contributed by atoms with Crippen molar-refractivity contribution in [3.05, 3.63) is 72.9 Å². The molecule has 0 aromatic carbocycles. The van der Waals surface area contributed by atoms with Crippen LogP contribution in [-0.2, 0) is 37.5 Å². The van der Waals surface area contributed by atoms with Crippen LogP contribution in [-0.4, -0.2) is 71.1 Å². The highest BCUT2D eigenvalue weighted by Gasteiger charge is 2.28. The zero-order chi connectivity index (χ0) is 42.2. The van der Waals surface area contributed by atoms with Crippen LogP contribution in [0.15, 0.2) is 72.9 Å². The fraction of sp³-hybridized carbons (Fsp3) is 0.659. The minimum atomic E-state index is -4.74. The zero-order valence-electron chi connectivity index (χ0n) is 34.8. The number of carboxylic acids is 1. The maximum absolute atomic E-state index is 12.6. The molecule has 4 atom stereocenters. The van der Waals surface area contributed by atoms with E-state index >= 15 is 0 Å². The van der Waals surface area contributed by atoms with Gasteiger partial charge >= 0.3 is 25.7 Å². The topological polar surface area (TPSA) is 192 Å². The number of carbonyl (C=O) groups is 3. The lowest BCUT2D eigenvalue weighted by molar-refractivity contribution is -0.161. The molecule has 13 heteroatoms. The SMILES string of the molecule is CC/C=C/CC(O)/C=C/C=C/CCCCCCCC(=O)O[C@H](COC(=O)CCCCCC/C=C\C/C=C\C/C=C\CCCCC)COP(=O)(O)OC[C@H](N)C(=O)O. The molecule has 0 bridgehead atoms. The van der Waals surface area contributed by atoms with E-state index in [0.717, 1.165) is 83.5 Å². The first-order chi connectivity index (χ1) is 27.5. The van der Waals surface area contributed by atoms with Gasteiger partial charge in [0.05, 0.1) is 19.3 Å². The molecule has 0 aliphatic rings. The quantitative estimate of drug-likeness (QED) is 0.0152. The molecule has 57 heavy (non-hydrogen) atoms. The van der Waals surface area contributed by atoms with Crippen LogP contribution >= 0.6 is 7.82 Å². The van der Waals surface area contributed by atoms with Crippen molar-refractivity contribution in [3.8, 4) is 0 Å². The number of hydrogen-bond donors (Lipinski definition) is 4. The van der Waals surface area contributed by atoms with Crippen molar-refractivity contribution < 1.29 is 52.6 Å². The molecule has 12 nitrogen and oxygen atoms in total. The lowest BCUT2D eigenvalue weighted by Gasteiger charge is -2.20. The van der Waals surface area contributed by atoms with Gasteiger partial charge in [-0.3, -0.25) is 23.4 Å². The molecule has 2 unspecified atom stereocenters. The average molecular weight is 824 g/mol. The third kappa shape index (κ3) is 38.2. The van der Waals surface area contributed by atoms with E-state index in [1.54, 1.807) is 6.08 Å². The van der Waals surface area contributed by atoms with Crippen molar-refractivity contribution >= 4 is 25.7 Å². The van der Waals surface area contributed by atoms with Crippen LogP contribution < -0.4 is 5.73 Å². The Morgan fingerprint density at radius 3 is 1.81 bits per heavy atom. The largest absolute Gasteiger partial charge is 0.480 e. The fourth-order valence-corrected chi connectivity index (χ4v) is 5.94. The Labute approximate surface area is 343 Å². The smallest absolute Gasteiger partial charge is 0.472 e.